The standard InChI is InChI=1S/C17H23N3O2S/c1-11-9-15(12(2)20(11)17-18-7-8-23-17)16(22)19-14-5-3-13(10-21)4-6-14/h7-9,13-14,21H,3-6,10H2,1-2H3,(H,19,22). The molecule has 3 rings (SSSR count). The molecule has 2 aromatic heterocycles. The Balaban J connectivity index is 1.72. The van der Waals surface area contributed by atoms with Crippen LogP contribution in [0.15, 0.2) is 17.6 Å². The van der Waals surface area contributed by atoms with Crippen LogP contribution < -0.4 is 5.32 Å². The summed E-state index contributed by atoms with van der Waals surface area (Å²) in [6, 6.07) is 2.15. The Morgan fingerprint density at radius 1 is 1.39 bits per heavy atom. The predicted octanol–water partition coefficient (Wildman–Crippen LogP) is 2.83. The van der Waals surface area contributed by atoms with Gasteiger partial charge in [-0.2, -0.15) is 0 Å². The molecule has 0 spiro atoms. The molecule has 2 N–H and O–H groups in total. The highest BCUT2D eigenvalue weighted by Gasteiger charge is 2.24. The third-order valence-electron chi connectivity index (χ3n) is 4.73. The second-order valence-electron chi connectivity index (χ2n) is 6.31. The first-order valence-corrected chi connectivity index (χ1v) is 8.98. The predicted molar refractivity (Wildman–Crippen MR) is 91.2 cm³/mol. The number of amides is 1. The van der Waals surface area contributed by atoms with E-state index in [9.17, 15) is 9.90 Å². The van der Waals surface area contributed by atoms with E-state index < -0.39 is 0 Å². The third-order valence-corrected chi connectivity index (χ3v) is 5.48. The van der Waals surface area contributed by atoms with Crippen LogP contribution in [-0.4, -0.2) is 33.2 Å². The highest BCUT2D eigenvalue weighted by atomic mass is 32.1. The van der Waals surface area contributed by atoms with Crippen LogP contribution in [0.3, 0.4) is 0 Å². The first-order chi connectivity index (χ1) is 11.1. The molecule has 0 saturated heterocycles. The van der Waals surface area contributed by atoms with Gasteiger partial charge in [0.25, 0.3) is 5.91 Å². The Labute approximate surface area is 140 Å². The highest BCUT2D eigenvalue weighted by Crippen LogP contribution is 2.25. The van der Waals surface area contributed by atoms with Crippen LogP contribution in [0.5, 0.6) is 0 Å². The van der Waals surface area contributed by atoms with Gasteiger partial charge in [0.15, 0.2) is 5.13 Å². The van der Waals surface area contributed by atoms with Gasteiger partial charge in [0.05, 0.1) is 5.56 Å². The molecule has 1 amide bonds. The Kier molecular flexibility index (Phi) is 4.82. The Morgan fingerprint density at radius 2 is 2.13 bits per heavy atom. The second-order valence-corrected chi connectivity index (χ2v) is 7.18. The zero-order valence-electron chi connectivity index (χ0n) is 13.6. The maximum Gasteiger partial charge on any atom is 0.253 e. The summed E-state index contributed by atoms with van der Waals surface area (Å²) in [5.41, 5.74) is 2.67. The van der Waals surface area contributed by atoms with E-state index in [4.69, 9.17) is 0 Å². The molecule has 124 valence electrons. The van der Waals surface area contributed by atoms with Crippen molar-refractivity contribution in [3.05, 3.63) is 34.6 Å². The van der Waals surface area contributed by atoms with Crippen LogP contribution in [0.2, 0.25) is 0 Å². The number of aliphatic hydroxyl groups is 1. The van der Waals surface area contributed by atoms with E-state index in [0.29, 0.717) is 5.92 Å². The fraction of sp³-hybridized carbons (Fsp3) is 0.529. The first kappa shape index (κ1) is 16.2. The molecule has 0 bridgehead atoms. The van der Waals surface area contributed by atoms with E-state index in [2.05, 4.69) is 10.3 Å². The van der Waals surface area contributed by atoms with Gasteiger partial charge in [0, 0.05) is 35.6 Å². The lowest BCUT2D eigenvalue weighted by molar-refractivity contribution is 0.0913. The molecule has 1 saturated carbocycles. The summed E-state index contributed by atoms with van der Waals surface area (Å²) in [5.74, 6) is 0.395. The van der Waals surface area contributed by atoms with Crippen molar-refractivity contribution in [3.8, 4) is 5.13 Å². The van der Waals surface area contributed by atoms with Gasteiger partial charge in [-0.3, -0.25) is 9.36 Å². The zero-order valence-corrected chi connectivity index (χ0v) is 14.4. The van der Waals surface area contributed by atoms with Gasteiger partial charge in [0.1, 0.15) is 0 Å². The van der Waals surface area contributed by atoms with Crippen molar-refractivity contribution in [1.29, 1.82) is 0 Å². The summed E-state index contributed by atoms with van der Waals surface area (Å²) in [6.07, 6.45) is 5.64. The molecule has 2 aromatic rings. The van der Waals surface area contributed by atoms with Gasteiger partial charge in [-0.1, -0.05) is 0 Å². The number of aliphatic hydroxyl groups excluding tert-OH is 1. The lowest BCUT2D eigenvalue weighted by Crippen LogP contribution is -2.38. The van der Waals surface area contributed by atoms with Crippen molar-refractivity contribution in [1.82, 2.24) is 14.9 Å². The van der Waals surface area contributed by atoms with Crippen molar-refractivity contribution < 1.29 is 9.90 Å². The number of thiazole rings is 1. The van der Waals surface area contributed by atoms with Crippen molar-refractivity contribution in [2.45, 2.75) is 45.6 Å². The zero-order chi connectivity index (χ0) is 16.4. The number of hydrogen-bond donors (Lipinski definition) is 2. The Bertz CT molecular complexity index is 670. The SMILES string of the molecule is Cc1cc(C(=O)NC2CCC(CO)CC2)c(C)n1-c1nccs1. The molecular weight excluding hydrogens is 310 g/mol. The van der Waals surface area contributed by atoms with E-state index >= 15 is 0 Å². The fourth-order valence-electron chi connectivity index (χ4n) is 3.37. The largest absolute Gasteiger partial charge is 0.396 e. The highest BCUT2D eigenvalue weighted by molar-refractivity contribution is 7.12. The lowest BCUT2D eigenvalue weighted by Gasteiger charge is -2.27. The minimum atomic E-state index is -0.00615. The summed E-state index contributed by atoms with van der Waals surface area (Å²) in [4.78, 5) is 17.0. The number of rotatable bonds is 4. The normalized spacial score (nSPS) is 21.3. The average Bonchev–Trinajstić information content (AvgIpc) is 3.16. The summed E-state index contributed by atoms with van der Waals surface area (Å²) in [6.45, 7) is 4.22. The van der Waals surface area contributed by atoms with Gasteiger partial charge in [-0.05, 0) is 51.5 Å². The molecule has 0 unspecified atom stereocenters. The van der Waals surface area contributed by atoms with Gasteiger partial charge in [-0.15, -0.1) is 11.3 Å². The second kappa shape index (κ2) is 6.84. The van der Waals surface area contributed by atoms with Crippen LogP contribution in [0.1, 0.15) is 47.4 Å². The molecule has 1 fully saturated rings. The van der Waals surface area contributed by atoms with Crippen LogP contribution >= 0.6 is 11.3 Å². The maximum atomic E-state index is 12.6. The summed E-state index contributed by atoms with van der Waals surface area (Å²) >= 11 is 1.56. The minimum Gasteiger partial charge on any atom is -0.396 e. The number of aryl methyl sites for hydroxylation is 1. The third kappa shape index (κ3) is 3.33. The topological polar surface area (TPSA) is 67.2 Å². The average molecular weight is 333 g/mol. The number of carbonyl (C=O) groups excluding carboxylic acids is 1. The number of hydrogen-bond acceptors (Lipinski definition) is 4. The maximum absolute atomic E-state index is 12.6. The van der Waals surface area contributed by atoms with Crippen molar-refractivity contribution >= 4 is 17.2 Å². The summed E-state index contributed by atoms with van der Waals surface area (Å²) in [7, 11) is 0. The Morgan fingerprint density at radius 3 is 2.74 bits per heavy atom. The number of aromatic nitrogens is 2. The molecule has 6 heteroatoms. The van der Waals surface area contributed by atoms with E-state index in [-0.39, 0.29) is 18.6 Å². The van der Waals surface area contributed by atoms with Gasteiger partial charge >= 0.3 is 0 Å². The number of nitrogens with zero attached hydrogens (tertiary/aromatic N) is 2. The molecule has 0 aliphatic heterocycles. The molecule has 5 nitrogen and oxygen atoms in total. The van der Waals surface area contributed by atoms with Gasteiger partial charge in [-0.25, -0.2) is 4.98 Å². The monoisotopic (exact) mass is 333 g/mol. The van der Waals surface area contributed by atoms with E-state index in [1.165, 1.54) is 0 Å². The van der Waals surface area contributed by atoms with Crippen LogP contribution in [0, 0.1) is 19.8 Å². The van der Waals surface area contributed by atoms with Crippen LogP contribution in [-0.2, 0) is 0 Å². The quantitative estimate of drug-likeness (QED) is 0.904. The van der Waals surface area contributed by atoms with E-state index in [1.807, 2.05) is 29.9 Å². The first-order valence-electron chi connectivity index (χ1n) is 8.10. The van der Waals surface area contributed by atoms with Gasteiger partial charge < -0.3 is 10.4 Å². The van der Waals surface area contributed by atoms with E-state index in [0.717, 1.165) is 47.8 Å². The van der Waals surface area contributed by atoms with Gasteiger partial charge in [0.2, 0.25) is 0 Å². The van der Waals surface area contributed by atoms with Crippen LogP contribution in [0.25, 0.3) is 5.13 Å². The van der Waals surface area contributed by atoms with Crippen molar-refractivity contribution in [2.75, 3.05) is 6.61 Å². The molecule has 1 aliphatic rings. The number of carbonyl (C=O) groups is 1. The smallest absolute Gasteiger partial charge is 0.253 e. The molecule has 0 radical (unpaired) electrons. The van der Waals surface area contributed by atoms with E-state index in [1.54, 1.807) is 17.5 Å². The molecule has 2 heterocycles. The molecule has 1 aliphatic carbocycles. The molecule has 23 heavy (non-hydrogen) atoms. The lowest BCUT2D eigenvalue weighted by atomic mass is 9.86. The van der Waals surface area contributed by atoms with Crippen molar-refractivity contribution in [2.24, 2.45) is 5.92 Å². The minimum absolute atomic E-state index is 0.00615. The van der Waals surface area contributed by atoms with Crippen molar-refractivity contribution in [3.63, 3.8) is 0 Å². The number of nitrogens with one attached hydrogen (secondary N) is 1. The molecule has 0 aromatic carbocycles. The fourth-order valence-corrected chi connectivity index (χ4v) is 4.12. The molecular formula is C17H23N3O2S. The molecule has 0 atom stereocenters. The summed E-state index contributed by atoms with van der Waals surface area (Å²) < 4.78 is 2.03. The summed E-state index contributed by atoms with van der Waals surface area (Å²) in [5, 5.41) is 15.2. The van der Waals surface area contributed by atoms with Crippen LogP contribution in [0.4, 0.5) is 0 Å². The Hall–Kier alpha value is -1.66.